The Kier molecular flexibility index (Phi) is 2.27. The lowest BCUT2D eigenvalue weighted by molar-refractivity contribution is 0.572. The van der Waals surface area contributed by atoms with Crippen molar-refractivity contribution in [3.63, 3.8) is 0 Å². The van der Waals surface area contributed by atoms with Gasteiger partial charge in [0.25, 0.3) is 0 Å². The van der Waals surface area contributed by atoms with Gasteiger partial charge < -0.3 is 5.73 Å². The molecule has 14 heavy (non-hydrogen) atoms. The number of benzene rings is 1. The molecular weight excluding hydrogens is 184 g/mol. The lowest BCUT2D eigenvalue weighted by Gasteiger charge is -2.05. The van der Waals surface area contributed by atoms with Gasteiger partial charge in [-0.05, 0) is 48.9 Å². The zero-order chi connectivity index (χ0) is 10.3. The molecule has 1 nitrogen and oxygen atoms in total. The zero-order valence-corrected chi connectivity index (χ0v) is 8.00. The normalized spacial score (nSPS) is 27.4. The van der Waals surface area contributed by atoms with E-state index in [4.69, 9.17) is 5.73 Å². The molecule has 0 bridgehead atoms. The zero-order valence-electron chi connectivity index (χ0n) is 8.00. The predicted molar refractivity (Wildman–Crippen MR) is 50.9 cm³/mol. The van der Waals surface area contributed by atoms with E-state index in [1.54, 1.807) is 0 Å². The average Bonchev–Trinajstić information content (AvgIpc) is 2.88. The molecule has 0 saturated heterocycles. The predicted octanol–water partition coefficient (Wildman–Crippen LogP) is 2.42. The fraction of sp³-hybridized carbons (Fsp3) is 0.455. The van der Waals surface area contributed by atoms with E-state index >= 15 is 0 Å². The maximum absolute atomic E-state index is 13.3. The number of hydrogen-bond acceptors (Lipinski definition) is 1. The van der Waals surface area contributed by atoms with E-state index in [0.29, 0.717) is 11.5 Å². The summed E-state index contributed by atoms with van der Waals surface area (Å²) in [5.74, 6) is -0.270. The van der Waals surface area contributed by atoms with Crippen molar-refractivity contribution in [2.45, 2.75) is 25.3 Å². The molecule has 3 atom stereocenters. The van der Waals surface area contributed by atoms with Gasteiger partial charge in [0.15, 0.2) is 0 Å². The van der Waals surface area contributed by atoms with Crippen LogP contribution in [0.5, 0.6) is 0 Å². The highest BCUT2D eigenvalue weighted by Gasteiger charge is 2.42. The molecule has 0 radical (unpaired) electrons. The van der Waals surface area contributed by atoms with Crippen LogP contribution in [0.4, 0.5) is 8.78 Å². The second kappa shape index (κ2) is 3.31. The molecule has 1 saturated carbocycles. The lowest BCUT2D eigenvalue weighted by atomic mass is 10.1. The van der Waals surface area contributed by atoms with Crippen molar-refractivity contribution < 1.29 is 8.78 Å². The topological polar surface area (TPSA) is 26.0 Å². The van der Waals surface area contributed by atoms with E-state index in [0.717, 1.165) is 12.5 Å². The third-order valence-corrected chi connectivity index (χ3v) is 2.87. The average molecular weight is 197 g/mol. The first-order valence-corrected chi connectivity index (χ1v) is 4.80. The second-order valence-electron chi connectivity index (χ2n) is 4.03. The lowest BCUT2D eigenvalue weighted by Crippen LogP contribution is -2.18. The molecular formula is C11H13F2N. The maximum Gasteiger partial charge on any atom is 0.126 e. The Bertz CT molecular complexity index is 349. The third-order valence-electron chi connectivity index (χ3n) is 2.87. The molecule has 3 heteroatoms. The highest BCUT2D eigenvalue weighted by molar-refractivity contribution is 5.28. The second-order valence-corrected chi connectivity index (χ2v) is 4.03. The minimum Gasteiger partial charge on any atom is -0.328 e. The van der Waals surface area contributed by atoms with Crippen LogP contribution >= 0.6 is 0 Å². The third kappa shape index (κ3) is 1.64. The van der Waals surface area contributed by atoms with Crippen LogP contribution in [0.25, 0.3) is 0 Å². The monoisotopic (exact) mass is 197 g/mol. The molecule has 0 heterocycles. The van der Waals surface area contributed by atoms with Gasteiger partial charge in [-0.1, -0.05) is 0 Å². The number of rotatable bonds is 2. The van der Waals surface area contributed by atoms with Gasteiger partial charge >= 0.3 is 0 Å². The molecule has 1 aliphatic rings. The SMILES string of the molecule is C[C@H](N)[C@H]1C[C@H]1c1cc(F)ccc1F. The Morgan fingerprint density at radius 2 is 2.14 bits per heavy atom. The largest absolute Gasteiger partial charge is 0.328 e. The number of nitrogens with two attached hydrogens (primary N) is 1. The van der Waals surface area contributed by atoms with Gasteiger partial charge in [0.2, 0.25) is 0 Å². The van der Waals surface area contributed by atoms with Crippen LogP contribution in [-0.2, 0) is 0 Å². The fourth-order valence-electron chi connectivity index (χ4n) is 1.95. The van der Waals surface area contributed by atoms with Crippen molar-refractivity contribution in [2.75, 3.05) is 0 Å². The van der Waals surface area contributed by atoms with Gasteiger partial charge in [-0.25, -0.2) is 8.78 Å². The first-order chi connectivity index (χ1) is 6.59. The molecule has 0 spiro atoms. The molecule has 0 unspecified atom stereocenters. The first kappa shape index (κ1) is 9.59. The van der Waals surface area contributed by atoms with Crippen molar-refractivity contribution in [1.82, 2.24) is 0 Å². The minimum atomic E-state index is -0.378. The van der Waals surface area contributed by atoms with Crippen LogP contribution in [0.3, 0.4) is 0 Å². The molecule has 0 amide bonds. The van der Waals surface area contributed by atoms with Crippen molar-refractivity contribution in [3.05, 3.63) is 35.4 Å². The van der Waals surface area contributed by atoms with Crippen LogP contribution in [0.15, 0.2) is 18.2 Å². The summed E-state index contributed by atoms with van der Waals surface area (Å²) >= 11 is 0. The summed E-state index contributed by atoms with van der Waals surface area (Å²) in [6.07, 6.45) is 0.873. The Labute approximate surface area is 81.9 Å². The van der Waals surface area contributed by atoms with E-state index in [2.05, 4.69) is 0 Å². The summed E-state index contributed by atoms with van der Waals surface area (Å²) < 4.78 is 26.2. The van der Waals surface area contributed by atoms with E-state index < -0.39 is 0 Å². The summed E-state index contributed by atoms with van der Waals surface area (Å²) in [6.45, 7) is 1.90. The van der Waals surface area contributed by atoms with Crippen LogP contribution in [-0.4, -0.2) is 6.04 Å². The molecule has 1 aliphatic carbocycles. The van der Waals surface area contributed by atoms with Crippen molar-refractivity contribution in [2.24, 2.45) is 11.7 Å². The molecule has 1 aromatic carbocycles. The Morgan fingerprint density at radius 1 is 1.43 bits per heavy atom. The van der Waals surface area contributed by atoms with Gasteiger partial charge in [0.05, 0.1) is 0 Å². The van der Waals surface area contributed by atoms with Gasteiger partial charge in [-0.2, -0.15) is 0 Å². The molecule has 2 N–H and O–H groups in total. The maximum atomic E-state index is 13.3. The van der Waals surface area contributed by atoms with Crippen molar-refractivity contribution >= 4 is 0 Å². The molecule has 0 aromatic heterocycles. The molecule has 0 aliphatic heterocycles. The minimum absolute atomic E-state index is 0.0580. The van der Waals surface area contributed by atoms with Crippen LogP contribution in [0.2, 0.25) is 0 Å². The van der Waals surface area contributed by atoms with Crippen LogP contribution < -0.4 is 5.73 Å². The van der Waals surface area contributed by atoms with E-state index in [1.807, 2.05) is 6.92 Å². The highest BCUT2D eigenvalue weighted by atomic mass is 19.1. The Morgan fingerprint density at radius 3 is 2.71 bits per heavy atom. The molecule has 76 valence electrons. The number of halogens is 2. The number of hydrogen-bond donors (Lipinski definition) is 1. The van der Waals surface area contributed by atoms with E-state index in [1.165, 1.54) is 12.1 Å². The van der Waals surface area contributed by atoms with Crippen molar-refractivity contribution in [3.8, 4) is 0 Å². The Hall–Kier alpha value is -0.960. The summed E-state index contributed by atoms with van der Waals surface area (Å²) in [6, 6.07) is 3.66. The first-order valence-electron chi connectivity index (χ1n) is 4.80. The van der Waals surface area contributed by atoms with Gasteiger partial charge in [-0.15, -0.1) is 0 Å². The smallest absolute Gasteiger partial charge is 0.126 e. The standard InChI is InChI=1S/C11H13F2N/c1-6(14)8-5-9(8)10-4-7(12)2-3-11(10)13/h2-4,6,8-9H,5,14H2,1H3/t6-,8+,9+/m0/s1. The van der Waals surface area contributed by atoms with Crippen LogP contribution in [0.1, 0.15) is 24.8 Å². The summed E-state index contributed by atoms with van der Waals surface area (Å²) in [5, 5.41) is 0. The van der Waals surface area contributed by atoms with Gasteiger partial charge in [0.1, 0.15) is 11.6 Å². The summed E-state index contributed by atoms with van der Waals surface area (Å²) in [4.78, 5) is 0. The van der Waals surface area contributed by atoms with E-state index in [9.17, 15) is 8.78 Å². The quantitative estimate of drug-likeness (QED) is 0.774. The molecule has 2 rings (SSSR count). The van der Waals surface area contributed by atoms with Crippen molar-refractivity contribution in [1.29, 1.82) is 0 Å². The van der Waals surface area contributed by atoms with Crippen LogP contribution in [0, 0.1) is 17.6 Å². The molecule has 1 fully saturated rings. The summed E-state index contributed by atoms with van der Waals surface area (Å²) in [5.41, 5.74) is 6.18. The Balaban J connectivity index is 2.22. The fourth-order valence-corrected chi connectivity index (χ4v) is 1.95. The molecule has 1 aromatic rings. The highest BCUT2D eigenvalue weighted by Crippen LogP contribution is 2.49. The van der Waals surface area contributed by atoms with Gasteiger partial charge in [0, 0.05) is 6.04 Å². The van der Waals surface area contributed by atoms with E-state index in [-0.39, 0.29) is 23.6 Å². The van der Waals surface area contributed by atoms with Gasteiger partial charge in [-0.3, -0.25) is 0 Å². The summed E-state index contributed by atoms with van der Waals surface area (Å²) in [7, 11) is 0.